The van der Waals surface area contributed by atoms with Crippen LogP contribution in [0.15, 0.2) is 11.3 Å². The first kappa shape index (κ1) is 63.2. The van der Waals surface area contributed by atoms with Crippen molar-refractivity contribution < 1.29 is 19.0 Å². The highest BCUT2D eigenvalue weighted by molar-refractivity contribution is 5.69. The topological polar surface area (TPSA) is 51.2 Å². The van der Waals surface area contributed by atoms with Gasteiger partial charge in [0.15, 0.2) is 0 Å². The second-order valence-corrected chi connectivity index (χ2v) is 23.4. The summed E-state index contributed by atoms with van der Waals surface area (Å²) in [4.78, 5) is 18.0. The van der Waals surface area contributed by atoms with Gasteiger partial charge in [0.25, 0.3) is 0 Å². The van der Waals surface area contributed by atoms with Crippen LogP contribution in [-0.4, -0.2) is 80.5 Å². The molecule has 2 atom stereocenters. The Hall–Kier alpha value is -1.11. The number of allylic oxidation sites excluding steroid dienone is 2. The molecule has 2 aliphatic heterocycles. The van der Waals surface area contributed by atoms with E-state index in [1.165, 1.54) is 282 Å². The maximum Gasteiger partial charge on any atom is 0.305 e. The van der Waals surface area contributed by atoms with Crippen molar-refractivity contribution in [3.63, 3.8) is 0 Å². The number of carbonyl (C=O) groups excluding carboxylic acids is 1. The number of ether oxygens (including phenoxy) is 3. The molecule has 0 aromatic carbocycles. The van der Waals surface area contributed by atoms with Gasteiger partial charge in [0, 0.05) is 39.0 Å². The van der Waals surface area contributed by atoms with Gasteiger partial charge in [-0.25, -0.2) is 0 Å². The molecule has 0 aromatic rings. The molecule has 2 bridgehead atoms. The lowest BCUT2D eigenvalue weighted by molar-refractivity contribution is -0.144. The van der Waals surface area contributed by atoms with Crippen molar-refractivity contribution >= 4 is 5.97 Å². The van der Waals surface area contributed by atoms with Gasteiger partial charge in [0.1, 0.15) is 0 Å². The van der Waals surface area contributed by atoms with Crippen LogP contribution in [-0.2, 0) is 19.0 Å². The monoisotopic (exact) mass is 983 g/mol. The van der Waals surface area contributed by atoms with Crippen LogP contribution in [0, 0.1) is 11.8 Å². The van der Waals surface area contributed by atoms with E-state index in [0.717, 1.165) is 63.9 Å². The summed E-state index contributed by atoms with van der Waals surface area (Å²) < 4.78 is 18.9. The summed E-state index contributed by atoms with van der Waals surface area (Å²) in [7, 11) is 0. The van der Waals surface area contributed by atoms with Gasteiger partial charge in [0.2, 0.25) is 0 Å². The van der Waals surface area contributed by atoms with Crippen molar-refractivity contribution in [2.45, 2.75) is 329 Å². The van der Waals surface area contributed by atoms with E-state index in [2.05, 4.69) is 37.5 Å². The van der Waals surface area contributed by atoms with Crippen LogP contribution in [0.5, 0.6) is 0 Å². The van der Waals surface area contributed by atoms with Crippen LogP contribution in [0.3, 0.4) is 0 Å². The number of unbranched alkanes of at least 4 members (excludes halogenated alkanes) is 28. The van der Waals surface area contributed by atoms with E-state index in [1.807, 2.05) is 0 Å². The predicted octanol–water partition coefficient (Wildman–Crippen LogP) is 19.1. The molecule has 0 aromatic heterocycles. The Morgan fingerprint density at radius 3 is 1.16 bits per heavy atom. The summed E-state index contributed by atoms with van der Waals surface area (Å²) in [5.41, 5.74) is 1.65. The average Bonchev–Trinajstić information content (AvgIpc) is 3.33. The van der Waals surface area contributed by atoms with Gasteiger partial charge in [-0.1, -0.05) is 246 Å². The average molecular weight is 984 g/mol. The Bertz CT molecular complexity index is 1160. The van der Waals surface area contributed by atoms with Crippen molar-refractivity contribution in [3.8, 4) is 0 Å². The lowest BCUT2D eigenvalue weighted by Gasteiger charge is -2.46. The molecule has 0 spiro atoms. The standard InChI is InChI=1S/C64H122N2O4/c1-5-9-13-17-23-31-40-58(41-32-24-18-14-10-6-2)48-52-68-63(60-44-39-45-60)46-35-27-21-29-37-50-65-54-61-56-66(57-62(55-65)70-61)51-38-30-22-28-36-47-64(67)69-53-49-59(42-33-25-19-15-11-7-3)43-34-26-20-16-12-8-4/h58-59,61-62H,5-57H2,1-4H3. The Balaban J connectivity index is 1.18. The summed E-state index contributed by atoms with van der Waals surface area (Å²) in [5.74, 6) is 3.02. The molecule has 1 saturated carbocycles. The number of morpholine rings is 2. The maximum atomic E-state index is 12.6. The number of fused-ring (bicyclic) bond motifs is 2. The Kier molecular flexibility index (Phi) is 40.9. The molecule has 0 N–H and O–H groups in total. The molecule has 1 aliphatic carbocycles. The zero-order chi connectivity index (χ0) is 49.8. The molecule has 0 radical (unpaired) electrons. The Labute approximate surface area is 437 Å². The molecule has 2 saturated heterocycles. The zero-order valence-electron chi connectivity index (χ0n) is 47.8. The van der Waals surface area contributed by atoms with Crippen LogP contribution < -0.4 is 0 Å². The smallest absolute Gasteiger partial charge is 0.305 e. The van der Waals surface area contributed by atoms with E-state index in [9.17, 15) is 4.79 Å². The van der Waals surface area contributed by atoms with E-state index >= 15 is 0 Å². The summed E-state index contributed by atoms with van der Waals surface area (Å²) in [6.45, 7) is 17.7. The van der Waals surface area contributed by atoms with E-state index in [1.54, 1.807) is 5.57 Å². The van der Waals surface area contributed by atoms with Crippen molar-refractivity contribution in [2.24, 2.45) is 11.8 Å². The zero-order valence-corrected chi connectivity index (χ0v) is 47.8. The second kappa shape index (κ2) is 45.3. The van der Waals surface area contributed by atoms with Crippen molar-refractivity contribution in [1.29, 1.82) is 0 Å². The minimum absolute atomic E-state index is 0.0320. The minimum Gasteiger partial charge on any atom is -0.498 e. The van der Waals surface area contributed by atoms with Crippen LogP contribution >= 0.6 is 0 Å². The second-order valence-electron chi connectivity index (χ2n) is 23.4. The third-order valence-electron chi connectivity index (χ3n) is 16.8. The van der Waals surface area contributed by atoms with Gasteiger partial charge in [0.05, 0.1) is 31.2 Å². The van der Waals surface area contributed by atoms with E-state index < -0.39 is 0 Å². The van der Waals surface area contributed by atoms with Gasteiger partial charge in [-0.15, -0.1) is 0 Å². The fourth-order valence-electron chi connectivity index (χ4n) is 12.0. The van der Waals surface area contributed by atoms with Crippen LogP contribution in [0.2, 0.25) is 0 Å². The molecule has 0 amide bonds. The molecule has 3 fully saturated rings. The minimum atomic E-state index is 0.0320. The van der Waals surface area contributed by atoms with Crippen LogP contribution in [0.25, 0.3) is 0 Å². The number of hydrogen-bond acceptors (Lipinski definition) is 6. The van der Waals surface area contributed by atoms with Gasteiger partial charge in [-0.2, -0.15) is 0 Å². The lowest BCUT2D eigenvalue weighted by atomic mass is 9.89. The first-order valence-electron chi connectivity index (χ1n) is 32.1. The summed E-state index contributed by atoms with van der Waals surface area (Å²) in [5, 5.41) is 0. The molecule has 6 heteroatoms. The number of rotatable bonds is 51. The van der Waals surface area contributed by atoms with E-state index in [4.69, 9.17) is 14.2 Å². The molecule has 3 rings (SSSR count). The van der Waals surface area contributed by atoms with Crippen molar-refractivity contribution in [2.75, 3.05) is 52.5 Å². The number of carbonyl (C=O) groups is 1. The lowest BCUT2D eigenvalue weighted by Crippen LogP contribution is -2.59. The molecule has 70 heavy (non-hydrogen) atoms. The summed E-state index contributed by atoms with van der Waals surface area (Å²) in [6, 6.07) is 0. The molecule has 3 aliphatic rings. The molecule has 2 heterocycles. The number of hydrogen-bond donors (Lipinski definition) is 0. The highest BCUT2D eigenvalue weighted by atomic mass is 16.5. The fraction of sp³-hybridized carbons (Fsp3) is 0.953. The summed E-state index contributed by atoms with van der Waals surface area (Å²) in [6.07, 6.45) is 60.1. The number of esters is 1. The third kappa shape index (κ3) is 33.7. The first-order valence-corrected chi connectivity index (χ1v) is 32.1. The SMILES string of the molecule is CCCCCCCCC(CCCCCCCC)CCOC(=O)CCCCCCCN1CC2CN(CCCCCCCC(OCCC(CCCCCCCC)CCCCCCCC)=C3CCC3)CC(C1)O2. The normalized spacial score (nSPS) is 17.5. The molecule has 6 nitrogen and oxygen atoms in total. The molecular formula is C64H122N2O4. The Morgan fingerprint density at radius 2 is 0.771 bits per heavy atom. The van der Waals surface area contributed by atoms with Gasteiger partial charge in [-0.3, -0.25) is 14.6 Å². The third-order valence-corrected chi connectivity index (χ3v) is 16.8. The molecule has 2 unspecified atom stereocenters. The highest BCUT2D eigenvalue weighted by Gasteiger charge is 2.34. The van der Waals surface area contributed by atoms with E-state index in [-0.39, 0.29) is 5.97 Å². The van der Waals surface area contributed by atoms with Gasteiger partial charge >= 0.3 is 5.97 Å². The largest absolute Gasteiger partial charge is 0.498 e. The van der Waals surface area contributed by atoms with Gasteiger partial charge < -0.3 is 14.2 Å². The van der Waals surface area contributed by atoms with E-state index in [0.29, 0.717) is 25.2 Å². The highest BCUT2D eigenvalue weighted by Crippen LogP contribution is 2.33. The Morgan fingerprint density at radius 1 is 0.429 bits per heavy atom. The summed E-state index contributed by atoms with van der Waals surface area (Å²) >= 11 is 0. The van der Waals surface area contributed by atoms with Crippen LogP contribution in [0.4, 0.5) is 0 Å². The van der Waals surface area contributed by atoms with Crippen LogP contribution in [0.1, 0.15) is 317 Å². The fourth-order valence-corrected chi connectivity index (χ4v) is 12.0. The quantitative estimate of drug-likeness (QED) is 0.0344. The maximum absolute atomic E-state index is 12.6. The van der Waals surface area contributed by atoms with Gasteiger partial charge in [-0.05, 0) is 88.3 Å². The predicted molar refractivity (Wildman–Crippen MR) is 303 cm³/mol. The molecular weight excluding hydrogens is 861 g/mol. The molecule has 412 valence electrons. The number of nitrogens with zero attached hydrogens (tertiary/aromatic N) is 2. The van der Waals surface area contributed by atoms with Crippen molar-refractivity contribution in [3.05, 3.63) is 11.3 Å². The first-order chi connectivity index (χ1) is 34.5. The van der Waals surface area contributed by atoms with Crippen molar-refractivity contribution in [1.82, 2.24) is 9.80 Å².